The quantitative estimate of drug-likeness (QED) is 0.615. The normalized spacial score (nSPS) is 16.9. The summed E-state index contributed by atoms with van der Waals surface area (Å²) in [6.07, 6.45) is 0.720. The first-order valence-corrected chi connectivity index (χ1v) is 11.0. The van der Waals surface area contributed by atoms with Crippen LogP contribution in [0.2, 0.25) is 0 Å². The Hall–Kier alpha value is -2.80. The van der Waals surface area contributed by atoms with Crippen molar-refractivity contribution in [3.05, 3.63) is 71.7 Å². The molecule has 1 amide bonds. The number of aryl methyl sites for hydroxylation is 1. The van der Waals surface area contributed by atoms with Crippen molar-refractivity contribution in [3.63, 3.8) is 0 Å². The molecule has 1 saturated heterocycles. The summed E-state index contributed by atoms with van der Waals surface area (Å²) < 4.78 is 21.1. The average molecular weight is 426 g/mol. The summed E-state index contributed by atoms with van der Waals surface area (Å²) in [6, 6.07) is 16.4. The third-order valence-corrected chi connectivity index (χ3v) is 6.66. The number of benzene rings is 2. The van der Waals surface area contributed by atoms with E-state index < -0.39 is 0 Å². The van der Waals surface area contributed by atoms with Gasteiger partial charge in [-0.2, -0.15) is 16.9 Å². The van der Waals surface area contributed by atoms with Crippen molar-refractivity contribution in [2.24, 2.45) is 7.05 Å². The van der Waals surface area contributed by atoms with E-state index in [9.17, 15) is 9.18 Å². The number of rotatable bonds is 4. The van der Waals surface area contributed by atoms with Crippen LogP contribution in [-0.2, 0) is 7.05 Å². The maximum atomic E-state index is 14.2. The Bertz CT molecular complexity index is 1050. The van der Waals surface area contributed by atoms with E-state index in [-0.39, 0.29) is 17.0 Å². The fourth-order valence-electron chi connectivity index (χ4n) is 3.71. The molecule has 1 atom stereocenters. The number of halogens is 1. The van der Waals surface area contributed by atoms with Crippen LogP contribution in [0.3, 0.4) is 0 Å². The number of methoxy groups -OCH3 is 1. The van der Waals surface area contributed by atoms with Crippen molar-refractivity contribution >= 4 is 17.7 Å². The molecule has 1 aromatic heterocycles. The van der Waals surface area contributed by atoms with Gasteiger partial charge in [-0.3, -0.25) is 9.48 Å². The summed E-state index contributed by atoms with van der Waals surface area (Å²) in [5, 5.41) is 4.59. The number of thioether (sulfide) groups is 1. The van der Waals surface area contributed by atoms with Crippen LogP contribution < -0.4 is 4.74 Å². The molecule has 0 N–H and O–H groups in total. The molecule has 1 aliphatic heterocycles. The molecule has 0 aliphatic carbocycles. The van der Waals surface area contributed by atoms with Crippen LogP contribution >= 0.6 is 11.8 Å². The van der Waals surface area contributed by atoms with Crippen LogP contribution in [0.15, 0.2) is 54.6 Å². The van der Waals surface area contributed by atoms with Crippen LogP contribution in [0.1, 0.15) is 27.7 Å². The minimum absolute atomic E-state index is 0.0473. The van der Waals surface area contributed by atoms with Gasteiger partial charge >= 0.3 is 0 Å². The Morgan fingerprint density at radius 2 is 2.00 bits per heavy atom. The number of ether oxygens (including phenoxy) is 1. The van der Waals surface area contributed by atoms with Gasteiger partial charge in [-0.25, -0.2) is 4.39 Å². The maximum Gasteiger partial charge on any atom is 0.272 e. The number of carbonyl (C=O) groups excluding carboxylic acids is 1. The summed E-state index contributed by atoms with van der Waals surface area (Å²) in [4.78, 5) is 15.1. The van der Waals surface area contributed by atoms with Crippen molar-refractivity contribution in [3.8, 4) is 17.0 Å². The van der Waals surface area contributed by atoms with Gasteiger partial charge in [0.05, 0.1) is 12.8 Å². The summed E-state index contributed by atoms with van der Waals surface area (Å²) in [5.41, 5.74) is 2.89. The van der Waals surface area contributed by atoms with E-state index in [1.165, 1.54) is 6.07 Å². The zero-order chi connectivity index (χ0) is 21.1. The van der Waals surface area contributed by atoms with E-state index in [0.717, 1.165) is 34.7 Å². The molecule has 0 bridgehead atoms. The molecule has 0 saturated carbocycles. The smallest absolute Gasteiger partial charge is 0.272 e. The lowest BCUT2D eigenvalue weighted by Gasteiger charge is -2.20. The summed E-state index contributed by atoms with van der Waals surface area (Å²) >= 11 is 1.71. The second-order valence-electron chi connectivity index (χ2n) is 7.23. The van der Waals surface area contributed by atoms with Gasteiger partial charge in [-0.15, -0.1) is 0 Å². The van der Waals surface area contributed by atoms with Gasteiger partial charge in [-0.05, 0) is 30.7 Å². The third kappa shape index (κ3) is 4.21. The molecule has 2 heterocycles. The molecule has 1 aliphatic rings. The molecule has 1 unspecified atom stereocenters. The SMILES string of the molecule is COc1cccc(-c2cc(C(=O)N3CCSC(c4ccccc4F)CC3)n(C)n2)c1. The van der Waals surface area contributed by atoms with Crippen LogP contribution in [0.4, 0.5) is 4.39 Å². The van der Waals surface area contributed by atoms with Gasteiger partial charge < -0.3 is 9.64 Å². The number of aromatic nitrogens is 2. The first-order valence-electron chi connectivity index (χ1n) is 9.90. The number of amides is 1. The predicted octanol–water partition coefficient (Wildman–Crippen LogP) is 4.56. The van der Waals surface area contributed by atoms with Gasteiger partial charge in [0, 0.05) is 42.3 Å². The van der Waals surface area contributed by atoms with Gasteiger partial charge in [0.15, 0.2) is 0 Å². The monoisotopic (exact) mass is 425 g/mol. The van der Waals surface area contributed by atoms with Crippen LogP contribution in [0, 0.1) is 5.82 Å². The molecule has 30 heavy (non-hydrogen) atoms. The largest absolute Gasteiger partial charge is 0.497 e. The zero-order valence-corrected chi connectivity index (χ0v) is 17.9. The maximum absolute atomic E-state index is 14.2. The van der Waals surface area contributed by atoms with E-state index in [1.807, 2.05) is 47.4 Å². The topological polar surface area (TPSA) is 47.4 Å². The van der Waals surface area contributed by atoms with E-state index in [4.69, 9.17) is 4.74 Å². The zero-order valence-electron chi connectivity index (χ0n) is 17.0. The Balaban J connectivity index is 1.51. The van der Waals surface area contributed by atoms with E-state index in [2.05, 4.69) is 5.10 Å². The molecule has 2 aromatic carbocycles. The summed E-state index contributed by atoms with van der Waals surface area (Å²) in [7, 11) is 3.41. The molecule has 0 spiro atoms. The lowest BCUT2D eigenvalue weighted by Crippen LogP contribution is -2.34. The minimum Gasteiger partial charge on any atom is -0.497 e. The second kappa shape index (κ2) is 8.92. The first kappa shape index (κ1) is 20.5. The number of nitrogens with zero attached hydrogens (tertiary/aromatic N) is 3. The third-order valence-electron chi connectivity index (χ3n) is 5.35. The van der Waals surface area contributed by atoms with E-state index >= 15 is 0 Å². The second-order valence-corrected chi connectivity index (χ2v) is 8.54. The lowest BCUT2D eigenvalue weighted by molar-refractivity contribution is 0.0755. The number of carbonyl (C=O) groups is 1. The first-order chi connectivity index (χ1) is 14.6. The fraction of sp³-hybridized carbons (Fsp3) is 0.304. The van der Waals surface area contributed by atoms with Crippen molar-refractivity contribution in [2.75, 3.05) is 26.0 Å². The van der Waals surface area contributed by atoms with Gasteiger partial charge in [-0.1, -0.05) is 30.3 Å². The molecule has 1 fully saturated rings. The summed E-state index contributed by atoms with van der Waals surface area (Å²) in [5.74, 6) is 1.29. The standard InChI is InChI=1S/C23H24FN3O2S/c1-26-21(15-20(25-26)16-6-5-7-17(14-16)29-2)23(28)27-11-10-22(30-13-12-27)18-8-3-4-9-19(18)24/h3-9,14-15,22H,10-13H2,1-2H3. The van der Waals surface area contributed by atoms with Gasteiger partial charge in [0.2, 0.25) is 0 Å². The van der Waals surface area contributed by atoms with Gasteiger partial charge in [0.1, 0.15) is 17.3 Å². The molecular weight excluding hydrogens is 401 g/mol. The Labute approximate surface area is 179 Å². The Morgan fingerprint density at radius 3 is 2.80 bits per heavy atom. The fourth-order valence-corrected chi connectivity index (χ4v) is 4.96. The van der Waals surface area contributed by atoms with Gasteiger partial charge in [0.25, 0.3) is 5.91 Å². The van der Waals surface area contributed by atoms with Crippen molar-refractivity contribution in [1.29, 1.82) is 0 Å². The Kier molecular flexibility index (Phi) is 6.08. The van der Waals surface area contributed by atoms with Crippen LogP contribution in [-0.4, -0.2) is 46.5 Å². The highest BCUT2D eigenvalue weighted by Gasteiger charge is 2.26. The van der Waals surface area contributed by atoms with Crippen LogP contribution in [0.25, 0.3) is 11.3 Å². The summed E-state index contributed by atoms with van der Waals surface area (Å²) in [6.45, 7) is 1.22. The molecule has 4 rings (SSSR count). The predicted molar refractivity (Wildman–Crippen MR) is 117 cm³/mol. The minimum atomic E-state index is -0.177. The average Bonchev–Trinajstić information content (AvgIpc) is 2.99. The van der Waals surface area contributed by atoms with E-state index in [0.29, 0.717) is 18.8 Å². The van der Waals surface area contributed by atoms with E-state index in [1.54, 1.807) is 36.7 Å². The highest BCUT2D eigenvalue weighted by Crippen LogP contribution is 2.36. The molecule has 5 nitrogen and oxygen atoms in total. The van der Waals surface area contributed by atoms with Crippen molar-refractivity contribution in [1.82, 2.24) is 14.7 Å². The highest BCUT2D eigenvalue weighted by molar-refractivity contribution is 7.99. The molecule has 7 heteroatoms. The highest BCUT2D eigenvalue weighted by atomic mass is 32.2. The molecular formula is C23H24FN3O2S. The Morgan fingerprint density at radius 1 is 1.17 bits per heavy atom. The molecule has 156 valence electrons. The molecule has 0 radical (unpaired) electrons. The number of hydrogen-bond donors (Lipinski definition) is 0. The van der Waals surface area contributed by atoms with Crippen molar-refractivity contribution in [2.45, 2.75) is 11.7 Å². The molecule has 3 aromatic rings. The van der Waals surface area contributed by atoms with Crippen molar-refractivity contribution < 1.29 is 13.9 Å². The van der Waals surface area contributed by atoms with Crippen LogP contribution in [0.5, 0.6) is 5.75 Å². The number of hydrogen-bond acceptors (Lipinski definition) is 4. The lowest BCUT2D eigenvalue weighted by atomic mass is 10.1.